The number of aromatic nitrogens is 1. The van der Waals surface area contributed by atoms with E-state index in [9.17, 15) is 0 Å². The molecule has 0 fully saturated rings. The molecular weight excluding hydrogens is 283 g/mol. The van der Waals surface area contributed by atoms with Crippen LogP contribution in [0.25, 0.3) is 16.2 Å². The fourth-order valence-corrected chi connectivity index (χ4v) is 2.80. The quantitative estimate of drug-likeness (QED) is 0.477. The second-order valence-corrected chi connectivity index (χ2v) is 11.0. The number of fused-ring (bicyclic) bond motifs is 1. The van der Waals surface area contributed by atoms with Crippen LogP contribution in [0.15, 0.2) is 35.0 Å². The molecule has 0 atom stereocenters. The summed E-state index contributed by atoms with van der Waals surface area (Å²) in [6, 6.07) is 10.2. The summed E-state index contributed by atoms with van der Waals surface area (Å²) in [6.45, 7) is 8.62. The molecule has 0 N–H and O–H groups in total. The molecule has 1 aromatic heterocycles. The van der Waals surface area contributed by atoms with Gasteiger partial charge in [-0.1, -0.05) is 43.9 Å². The van der Waals surface area contributed by atoms with Crippen LogP contribution < -0.4 is 18.9 Å². The minimum absolute atomic E-state index is 0. The van der Waals surface area contributed by atoms with Crippen molar-refractivity contribution < 1.29 is 18.9 Å². The molecule has 0 aliphatic rings. The summed E-state index contributed by atoms with van der Waals surface area (Å²) in [6.07, 6.45) is 0. The molecule has 0 aliphatic carbocycles. The van der Waals surface area contributed by atoms with Gasteiger partial charge in [0.1, 0.15) is 0 Å². The summed E-state index contributed by atoms with van der Waals surface area (Å²) in [5, 5.41) is 5.87. The van der Waals surface area contributed by atoms with Crippen molar-refractivity contribution in [1.29, 1.82) is 0 Å². The van der Waals surface area contributed by atoms with Crippen LogP contribution in [0.3, 0.4) is 0 Å². The number of para-hydroxylation sites is 1. The van der Waals surface area contributed by atoms with E-state index in [-0.39, 0.29) is 18.9 Å². The molecule has 22 heavy (non-hydrogen) atoms. The topological polar surface area (TPSA) is 42.6 Å². The summed E-state index contributed by atoms with van der Waals surface area (Å²) >= 11 is 0. The normalized spacial score (nSPS) is 12.0. The van der Waals surface area contributed by atoms with Gasteiger partial charge in [0.05, 0.1) is 13.8 Å². The van der Waals surface area contributed by atoms with Gasteiger partial charge in [0, 0.05) is 22.7 Å². The zero-order valence-corrected chi connectivity index (χ0v) is 15.7. The second kappa shape index (κ2) is 7.32. The van der Waals surface area contributed by atoms with Crippen LogP contribution >= 0.6 is 0 Å². The molecule has 0 aliphatic heterocycles. The van der Waals surface area contributed by atoms with Crippen LogP contribution in [0.5, 0.6) is 0 Å². The number of nitrogens with zero attached hydrogens (tertiary/aromatic N) is 4. The Hall–Kier alpha value is -1.29. The largest absolute Gasteiger partial charge is 1.00 e. The molecule has 0 saturated heterocycles. The Morgan fingerprint density at radius 1 is 1.14 bits per heavy atom. The minimum atomic E-state index is -1.58. The van der Waals surface area contributed by atoms with E-state index in [1.54, 1.807) is 0 Å². The maximum atomic E-state index is 4.82. The molecule has 6 heteroatoms. The second-order valence-electron chi connectivity index (χ2n) is 6.39. The van der Waals surface area contributed by atoms with E-state index < -0.39 is 8.24 Å². The van der Waals surface area contributed by atoms with E-state index in [1.165, 1.54) is 0 Å². The molecule has 0 saturated carbocycles. The van der Waals surface area contributed by atoms with Gasteiger partial charge >= 0.3 is 18.9 Å². The average Bonchev–Trinajstić information content (AvgIpc) is 2.37. The van der Waals surface area contributed by atoms with Crippen molar-refractivity contribution >= 4 is 30.8 Å². The van der Waals surface area contributed by atoms with Crippen LogP contribution in [0.1, 0.15) is 5.69 Å². The van der Waals surface area contributed by atoms with Crippen LogP contribution in [-0.2, 0) is 0 Å². The van der Waals surface area contributed by atoms with Crippen molar-refractivity contribution in [1.82, 2.24) is 9.88 Å². The first-order valence-corrected chi connectivity index (χ1v) is 10.6. The minimum Gasteiger partial charge on any atom is -0.432 e. The van der Waals surface area contributed by atoms with Gasteiger partial charge in [0.2, 0.25) is 0 Å². The number of aryl methyl sites for hydroxylation is 1. The van der Waals surface area contributed by atoms with E-state index in [2.05, 4.69) is 36.8 Å². The molecule has 0 unspecified atom stereocenters. The van der Waals surface area contributed by atoms with Crippen LogP contribution in [0.4, 0.5) is 5.69 Å². The Balaban J connectivity index is 0.00000242. The Kier molecular flexibility index (Phi) is 6.24. The Labute approximate surface area is 146 Å². The number of pyridine rings is 1. The number of rotatable bonds is 2. The van der Waals surface area contributed by atoms with Gasteiger partial charge in [-0.2, -0.15) is 0 Å². The summed E-state index contributed by atoms with van der Waals surface area (Å²) in [5.74, 6) is 0.768. The Bertz CT molecular complexity index is 677. The van der Waals surface area contributed by atoms with Gasteiger partial charge in [-0.25, -0.2) is 0 Å². The van der Waals surface area contributed by atoms with Gasteiger partial charge in [-0.15, -0.1) is 0 Å². The molecular formula is C16H23LiN4Si. The zero-order chi connectivity index (χ0) is 15.6. The fraction of sp³-hybridized carbons (Fsp3) is 0.375. The number of hydrogen-bond acceptors (Lipinski definition) is 2. The van der Waals surface area contributed by atoms with Gasteiger partial charge in [-0.3, -0.25) is 4.98 Å². The fourth-order valence-electron chi connectivity index (χ4n) is 1.95. The average molecular weight is 306 g/mol. The maximum Gasteiger partial charge on any atom is 1.00 e. The van der Waals surface area contributed by atoms with Gasteiger partial charge in [0.15, 0.2) is 0 Å². The smallest absolute Gasteiger partial charge is 0.432 e. The van der Waals surface area contributed by atoms with Crippen LogP contribution in [0, 0.1) is 6.92 Å². The maximum absolute atomic E-state index is 4.82. The molecule has 0 bridgehead atoms. The van der Waals surface area contributed by atoms with E-state index in [0.29, 0.717) is 0 Å². The summed E-state index contributed by atoms with van der Waals surface area (Å²) in [7, 11) is 2.37. The summed E-state index contributed by atoms with van der Waals surface area (Å²) in [4.78, 5) is 6.59. The van der Waals surface area contributed by atoms with Crippen molar-refractivity contribution in [2.75, 3.05) is 14.1 Å². The third-order valence-corrected chi connectivity index (χ3v) is 3.76. The van der Waals surface area contributed by atoms with Crippen LogP contribution in [0.2, 0.25) is 19.6 Å². The molecule has 112 valence electrons. The molecule has 2 rings (SSSR count). The van der Waals surface area contributed by atoms with Crippen molar-refractivity contribution in [2.45, 2.75) is 26.6 Å². The Morgan fingerprint density at radius 2 is 1.82 bits per heavy atom. The molecule has 1 aromatic carbocycles. The predicted octanol–water partition coefficient (Wildman–Crippen LogP) is 1.30. The van der Waals surface area contributed by atoms with Crippen molar-refractivity contribution in [3.63, 3.8) is 0 Å². The Morgan fingerprint density at radius 3 is 2.41 bits per heavy atom. The standard InChI is InChI=1S/C16H23N4Si.Li/c1-12-10-11-13-8-7-9-14(15(13)17-12)18-16(20(2)3)19-21(4,5)6;/h7-11H,1-6H3;/q-1;+1. The SMILES string of the molecule is Cc1ccc2cccc([N-]/C(=N\[Si](C)(C)C)N(C)C)c2n1.[Li+]. The molecule has 4 nitrogen and oxygen atoms in total. The number of benzene rings is 1. The monoisotopic (exact) mass is 306 g/mol. The van der Waals surface area contributed by atoms with Crippen molar-refractivity contribution in [3.05, 3.63) is 41.3 Å². The first-order chi connectivity index (χ1) is 9.76. The van der Waals surface area contributed by atoms with Crippen LogP contribution in [-0.4, -0.2) is 38.2 Å². The third-order valence-electron chi connectivity index (χ3n) is 2.89. The molecule has 2 aromatic rings. The first-order valence-electron chi connectivity index (χ1n) is 7.11. The van der Waals surface area contributed by atoms with Gasteiger partial charge < -0.3 is 14.9 Å². The predicted molar refractivity (Wildman–Crippen MR) is 94.0 cm³/mol. The number of hydrogen-bond donors (Lipinski definition) is 0. The molecule has 0 spiro atoms. The molecule has 1 heterocycles. The summed E-state index contributed by atoms with van der Waals surface area (Å²) in [5.41, 5.74) is 2.81. The zero-order valence-electron chi connectivity index (χ0n) is 14.7. The molecule has 0 amide bonds. The van der Waals surface area contributed by atoms with Crippen molar-refractivity contribution in [3.8, 4) is 0 Å². The van der Waals surface area contributed by atoms with E-state index in [1.807, 2.05) is 44.1 Å². The summed E-state index contributed by atoms with van der Waals surface area (Å²) < 4.78 is 4.82. The van der Waals surface area contributed by atoms with E-state index in [4.69, 9.17) is 9.97 Å². The number of guanidine groups is 1. The van der Waals surface area contributed by atoms with Gasteiger partial charge in [0.25, 0.3) is 0 Å². The van der Waals surface area contributed by atoms with E-state index >= 15 is 0 Å². The first kappa shape index (κ1) is 18.8. The van der Waals surface area contributed by atoms with Gasteiger partial charge in [-0.05, 0) is 27.1 Å². The molecule has 0 radical (unpaired) electrons. The van der Waals surface area contributed by atoms with Crippen molar-refractivity contribution in [2.24, 2.45) is 4.66 Å². The third kappa shape index (κ3) is 4.87. The van der Waals surface area contributed by atoms with E-state index in [0.717, 1.165) is 28.2 Å².